The second kappa shape index (κ2) is 8.34. The van der Waals surface area contributed by atoms with E-state index in [2.05, 4.69) is 43.0 Å². The Hall–Kier alpha value is -1.55. The fourth-order valence-corrected chi connectivity index (χ4v) is 3.06. The van der Waals surface area contributed by atoms with E-state index >= 15 is 0 Å². The Labute approximate surface area is 141 Å². The Morgan fingerprint density at radius 2 is 1.61 bits per heavy atom. The zero-order valence-electron chi connectivity index (χ0n) is 15.1. The molecule has 1 aliphatic rings. The van der Waals surface area contributed by atoms with Crippen LogP contribution in [0, 0.1) is 0 Å². The van der Waals surface area contributed by atoms with Crippen LogP contribution in [0.2, 0.25) is 0 Å². The molecule has 4 heteroatoms. The van der Waals surface area contributed by atoms with Crippen LogP contribution in [0.25, 0.3) is 0 Å². The number of nitrogens with zero attached hydrogens (tertiary/aromatic N) is 3. The van der Waals surface area contributed by atoms with Crippen molar-refractivity contribution in [2.45, 2.75) is 40.2 Å². The molecule has 0 unspecified atom stereocenters. The minimum atomic E-state index is 0.191. The van der Waals surface area contributed by atoms with Gasteiger partial charge in [-0.3, -0.25) is 4.90 Å². The van der Waals surface area contributed by atoms with Crippen LogP contribution >= 0.6 is 0 Å². The molecule has 128 valence electrons. The van der Waals surface area contributed by atoms with Crippen LogP contribution in [0.4, 0.5) is 4.79 Å². The van der Waals surface area contributed by atoms with Gasteiger partial charge in [-0.1, -0.05) is 38.1 Å². The van der Waals surface area contributed by atoms with Gasteiger partial charge in [-0.05, 0) is 30.9 Å². The molecule has 1 aromatic rings. The summed E-state index contributed by atoms with van der Waals surface area (Å²) in [5.41, 5.74) is 2.75. The number of rotatable bonds is 5. The van der Waals surface area contributed by atoms with Gasteiger partial charge in [-0.25, -0.2) is 4.79 Å². The summed E-state index contributed by atoms with van der Waals surface area (Å²) in [6, 6.07) is 9.14. The van der Waals surface area contributed by atoms with Gasteiger partial charge in [0.15, 0.2) is 0 Å². The molecule has 1 saturated heterocycles. The van der Waals surface area contributed by atoms with Crippen molar-refractivity contribution in [3.05, 3.63) is 35.4 Å². The highest BCUT2D eigenvalue weighted by Crippen LogP contribution is 2.16. The van der Waals surface area contributed by atoms with E-state index in [0.717, 1.165) is 45.8 Å². The van der Waals surface area contributed by atoms with Gasteiger partial charge < -0.3 is 9.80 Å². The number of benzene rings is 1. The minimum Gasteiger partial charge on any atom is -0.325 e. The topological polar surface area (TPSA) is 26.8 Å². The second-order valence-corrected chi connectivity index (χ2v) is 6.61. The normalized spacial score (nSPS) is 16.0. The first-order valence-electron chi connectivity index (χ1n) is 8.90. The molecule has 0 spiro atoms. The number of piperazine rings is 1. The van der Waals surface area contributed by atoms with Crippen LogP contribution < -0.4 is 0 Å². The quantitative estimate of drug-likeness (QED) is 0.832. The molecule has 0 atom stereocenters. The number of hydrogen-bond donors (Lipinski definition) is 0. The van der Waals surface area contributed by atoms with Crippen molar-refractivity contribution in [3.8, 4) is 0 Å². The smallest absolute Gasteiger partial charge is 0.320 e. The van der Waals surface area contributed by atoms with Crippen molar-refractivity contribution in [1.82, 2.24) is 14.7 Å². The molecule has 23 heavy (non-hydrogen) atoms. The lowest BCUT2D eigenvalue weighted by atomic mass is 10.0. The van der Waals surface area contributed by atoms with E-state index in [1.54, 1.807) is 0 Å². The summed E-state index contributed by atoms with van der Waals surface area (Å²) < 4.78 is 0. The van der Waals surface area contributed by atoms with E-state index < -0.39 is 0 Å². The van der Waals surface area contributed by atoms with Gasteiger partial charge in [0, 0.05) is 45.8 Å². The average molecular weight is 317 g/mol. The Morgan fingerprint density at radius 3 is 2.09 bits per heavy atom. The minimum absolute atomic E-state index is 0.191. The van der Waals surface area contributed by atoms with E-state index in [0.29, 0.717) is 5.92 Å². The summed E-state index contributed by atoms with van der Waals surface area (Å²) in [5.74, 6) is 0.582. The summed E-state index contributed by atoms with van der Waals surface area (Å²) in [4.78, 5) is 18.7. The number of urea groups is 1. The van der Waals surface area contributed by atoms with E-state index in [4.69, 9.17) is 0 Å². The molecule has 1 heterocycles. The molecule has 0 radical (unpaired) electrons. The van der Waals surface area contributed by atoms with Crippen molar-refractivity contribution in [3.63, 3.8) is 0 Å². The van der Waals surface area contributed by atoms with Crippen LogP contribution in [0.3, 0.4) is 0 Å². The molecule has 0 bridgehead atoms. The van der Waals surface area contributed by atoms with Crippen molar-refractivity contribution in [2.75, 3.05) is 39.3 Å². The van der Waals surface area contributed by atoms with Crippen LogP contribution in [0.5, 0.6) is 0 Å². The van der Waals surface area contributed by atoms with Crippen molar-refractivity contribution in [2.24, 2.45) is 0 Å². The van der Waals surface area contributed by atoms with Gasteiger partial charge in [0.25, 0.3) is 0 Å². The summed E-state index contributed by atoms with van der Waals surface area (Å²) in [7, 11) is 0. The maximum atomic E-state index is 12.4. The van der Waals surface area contributed by atoms with Crippen LogP contribution in [-0.4, -0.2) is 60.0 Å². The van der Waals surface area contributed by atoms with Gasteiger partial charge >= 0.3 is 6.03 Å². The summed E-state index contributed by atoms with van der Waals surface area (Å²) in [6.07, 6.45) is 0. The molecular weight excluding hydrogens is 286 g/mol. The van der Waals surface area contributed by atoms with Gasteiger partial charge in [0.05, 0.1) is 0 Å². The first kappa shape index (κ1) is 17.8. The van der Waals surface area contributed by atoms with Crippen LogP contribution in [0.15, 0.2) is 24.3 Å². The number of hydrogen-bond acceptors (Lipinski definition) is 2. The van der Waals surface area contributed by atoms with Crippen LogP contribution in [-0.2, 0) is 6.54 Å². The fourth-order valence-electron chi connectivity index (χ4n) is 3.06. The molecule has 0 N–H and O–H groups in total. The molecule has 0 saturated carbocycles. The highest BCUT2D eigenvalue weighted by atomic mass is 16.2. The first-order chi connectivity index (χ1) is 11.0. The monoisotopic (exact) mass is 317 g/mol. The summed E-state index contributed by atoms with van der Waals surface area (Å²) >= 11 is 0. The van der Waals surface area contributed by atoms with Crippen molar-refractivity contribution >= 4 is 6.03 Å². The third kappa shape index (κ3) is 4.71. The molecule has 1 fully saturated rings. The number of amides is 2. The standard InChI is InChI=1S/C19H31N3O/c1-5-21(6-2)19(23)22-13-11-20(12-14-22)15-17-7-9-18(10-8-17)16(3)4/h7-10,16H,5-6,11-15H2,1-4H3. The van der Waals surface area contributed by atoms with E-state index in [-0.39, 0.29) is 6.03 Å². The summed E-state index contributed by atoms with van der Waals surface area (Å²) in [6.45, 7) is 14.7. The van der Waals surface area contributed by atoms with Gasteiger partial charge in [0.1, 0.15) is 0 Å². The highest BCUT2D eigenvalue weighted by Gasteiger charge is 2.23. The molecule has 2 rings (SSSR count). The maximum Gasteiger partial charge on any atom is 0.320 e. The number of carbonyl (C=O) groups is 1. The van der Waals surface area contributed by atoms with E-state index in [1.165, 1.54) is 11.1 Å². The molecule has 1 aliphatic heterocycles. The lowest BCUT2D eigenvalue weighted by Gasteiger charge is -2.37. The van der Waals surface area contributed by atoms with Gasteiger partial charge in [0.2, 0.25) is 0 Å². The fraction of sp³-hybridized carbons (Fsp3) is 0.632. The summed E-state index contributed by atoms with van der Waals surface area (Å²) in [5, 5.41) is 0. The Kier molecular flexibility index (Phi) is 6.46. The SMILES string of the molecule is CCN(CC)C(=O)N1CCN(Cc2ccc(C(C)C)cc2)CC1. The molecule has 0 aromatic heterocycles. The maximum absolute atomic E-state index is 12.4. The Morgan fingerprint density at radius 1 is 1.04 bits per heavy atom. The third-order valence-electron chi connectivity index (χ3n) is 4.73. The van der Waals surface area contributed by atoms with Crippen molar-refractivity contribution in [1.29, 1.82) is 0 Å². The van der Waals surface area contributed by atoms with E-state index in [9.17, 15) is 4.79 Å². The first-order valence-corrected chi connectivity index (χ1v) is 8.90. The van der Waals surface area contributed by atoms with E-state index in [1.807, 2.05) is 23.6 Å². The lowest BCUT2D eigenvalue weighted by Crippen LogP contribution is -2.52. The number of carbonyl (C=O) groups excluding carboxylic acids is 1. The molecule has 0 aliphatic carbocycles. The zero-order chi connectivity index (χ0) is 16.8. The van der Waals surface area contributed by atoms with Crippen molar-refractivity contribution < 1.29 is 4.79 Å². The predicted octanol–water partition coefficient (Wildman–Crippen LogP) is 3.39. The lowest BCUT2D eigenvalue weighted by molar-refractivity contribution is 0.112. The third-order valence-corrected chi connectivity index (χ3v) is 4.73. The second-order valence-electron chi connectivity index (χ2n) is 6.61. The molecular formula is C19H31N3O. The Balaban J connectivity index is 1.83. The van der Waals surface area contributed by atoms with Gasteiger partial charge in [-0.2, -0.15) is 0 Å². The Bertz CT molecular complexity index is 486. The molecule has 4 nitrogen and oxygen atoms in total. The average Bonchev–Trinajstić information content (AvgIpc) is 2.57. The van der Waals surface area contributed by atoms with Gasteiger partial charge in [-0.15, -0.1) is 0 Å². The highest BCUT2D eigenvalue weighted by molar-refractivity contribution is 5.74. The largest absolute Gasteiger partial charge is 0.325 e. The molecule has 1 aromatic carbocycles. The van der Waals surface area contributed by atoms with Crippen LogP contribution in [0.1, 0.15) is 44.7 Å². The molecule has 2 amide bonds. The predicted molar refractivity (Wildman–Crippen MR) is 95.7 cm³/mol. The zero-order valence-corrected chi connectivity index (χ0v) is 15.1.